The maximum Gasteiger partial charge on any atom is 0.318 e. The molecule has 94 valence electrons. The van der Waals surface area contributed by atoms with E-state index >= 15 is 0 Å². The van der Waals surface area contributed by atoms with Gasteiger partial charge in [-0.05, 0) is 34.6 Å². The largest absolute Gasteiger partial charge is 0.409 e. The SMILES string of the molecule is CC(C)N(CC(N)=NO)C(=O)NC(C)(C)C. The van der Waals surface area contributed by atoms with Gasteiger partial charge in [0, 0.05) is 11.6 Å². The van der Waals surface area contributed by atoms with Gasteiger partial charge < -0.3 is 21.2 Å². The molecule has 0 unspecified atom stereocenters. The summed E-state index contributed by atoms with van der Waals surface area (Å²) in [6.45, 7) is 9.53. The molecule has 0 aliphatic carbocycles. The molecule has 0 aromatic heterocycles. The molecule has 16 heavy (non-hydrogen) atoms. The van der Waals surface area contributed by atoms with Crippen LogP contribution in [0.3, 0.4) is 0 Å². The molecular formula is C10H22N4O2. The van der Waals surface area contributed by atoms with Crippen molar-refractivity contribution in [2.75, 3.05) is 6.54 Å². The number of amidine groups is 1. The van der Waals surface area contributed by atoms with Crippen LogP contribution in [0.4, 0.5) is 4.79 Å². The van der Waals surface area contributed by atoms with Gasteiger partial charge in [-0.25, -0.2) is 4.79 Å². The van der Waals surface area contributed by atoms with Crippen LogP contribution in [0.1, 0.15) is 34.6 Å². The first kappa shape index (κ1) is 14.5. The van der Waals surface area contributed by atoms with E-state index < -0.39 is 0 Å². The number of rotatable bonds is 3. The van der Waals surface area contributed by atoms with Gasteiger partial charge in [-0.3, -0.25) is 0 Å². The topological polar surface area (TPSA) is 90.9 Å². The van der Waals surface area contributed by atoms with E-state index in [1.165, 1.54) is 4.90 Å². The zero-order chi connectivity index (χ0) is 12.9. The zero-order valence-corrected chi connectivity index (χ0v) is 10.6. The van der Waals surface area contributed by atoms with Crippen molar-refractivity contribution in [2.45, 2.75) is 46.2 Å². The first-order valence-electron chi connectivity index (χ1n) is 5.22. The van der Waals surface area contributed by atoms with Gasteiger partial charge in [0.25, 0.3) is 0 Å². The Morgan fingerprint density at radius 2 is 2.00 bits per heavy atom. The molecule has 6 heteroatoms. The van der Waals surface area contributed by atoms with Gasteiger partial charge >= 0.3 is 6.03 Å². The Morgan fingerprint density at radius 1 is 1.50 bits per heavy atom. The van der Waals surface area contributed by atoms with Crippen LogP contribution in [0.5, 0.6) is 0 Å². The van der Waals surface area contributed by atoms with Gasteiger partial charge in [0.05, 0.1) is 6.54 Å². The molecule has 0 aromatic carbocycles. The molecule has 0 atom stereocenters. The second kappa shape index (κ2) is 5.58. The molecule has 0 aliphatic heterocycles. The van der Waals surface area contributed by atoms with E-state index in [0.29, 0.717) is 0 Å². The van der Waals surface area contributed by atoms with E-state index in [-0.39, 0.29) is 30.0 Å². The van der Waals surface area contributed by atoms with Crippen molar-refractivity contribution in [3.63, 3.8) is 0 Å². The van der Waals surface area contributed by atoms with Gasteiger partial charge in [-0.1, -0.05) is 5.16 Å². The van der Waals surface area contributed by atoms with Crippen molar-refractivity contribution in [3.05, 3.63) is 0 Å². The number of amides is 2. The van der Waals surface area contributed by atoms with Crippen LogP contribution >= 0.6 is 0 Å². The molecule has 2 amide bonds. The minimum atomic E-state index is -0.310. The molecule has 0 rings (SSSR count). The summed E-state index contributed by atoms with van der Waals surface area (Å²) in [5.41, 5.74) is 5.08. The lowest BCUT2D eigenvalue weighted by Gasteiger charge is -2.30. The van der Waals surface area contributed by atoms with Crippen LogP contribution in [0.2, 0.25) is 0 Å². The van der Waals surface area contributed by atoms with Crippen LogP contribution in [0.25, 0.3) is 0 Å². The number of carbonyl (C=O) groups is 1. The third kappa shape index (κ3) is 5.43. The Labute approximate surface area is 96.5 Å². The molecular weight excluding hydrogens is 208 g/mol. The summed E-state index contributed by atoms with van der Waals surface area (Å²) in [6, 6.07) is -0.253. The van der Waals surface area contributed by atoms with Crippen LogP contribution < -0.4 is 11.1 Å². The van der Waals surface area contributed by atoms with Gasteiger partial charge in [0.1, 0.15) is 0 Å². The van der Waals surface area contributed by atoms with Crippen molar-refractivity contribution in [3.8, 4) is 0 Å². The second-order valence-corrected chi connectivity index (χ2v) is 4.99. The highest BCUT2D eigenvalue weighted by molar-refractivity contribution is 5.86. The predicted molar refractivity (Wildman–Crippen MR) is 63.5 cm³/mol. The number of oxime groups is 1. The molecule has 4 N–H and O–H groups in total. The zero-order valence-electron chi connectivity index (χ0n) is 10.6. The Hall–Kier alpha value is -1.46. The fraction of sp³-hybridized carbons (Fsp3) is 0.800. The lowest BCUT2D eigenvalue weighted by molar-refractivity contribution is 0.182. The van der Waals surface area contributed by atoms with E-state index in [1.807, 2.05) is 34.6 Å². The fourth-order valence-electron chi connectivity index (χ4n) is 1.09. The summed E-state index contributed by atoms with van der Waals surface area (Å²) in [4.78, 5) is 13.4. The Bertz CT molecular complexity index is 268. The summed E-state index contributed by atoms with van der Waals surface area (Å²) >= 11 is 0. The highest BCUT2D eigenvalue weighted by Gasteiger charge is 2.22. The molecule has 0 bridgehead atoms. The third-order valence-corrected chi connectivity index (χ3v) is 1.83. The van der Waals surface area contributed by atoms with Crippen molar-refractivity contribution in [1.29, 1.82) is 0 Å². The van der Waals surface area contributed by atoms with E-state index in [9.17, 15) is 4.79 Å². The van der Waals surface area contributed by atoms with Gasteiger partial charge in [-0.15, -0.1) is 0 Å². The van der Waals surface area contributed by atoms with Crippen LogP contribution in [-0.4, -0.2) is 40.1 Å². The van der Waals surface area contributed by atoms with Crippen LogP contribution in [0, 0.1) is 0 Å². The normalized spacial score (nSPS) is 12.8. The summed E-state index contributed by atoms with van der Waals surface area (Å²) in [5, 5.41) is 14.2. The lowest BCUT2D eigenvalue weighted by Crippen LogP contribution is -2.52. The van der Waals surface area contributed by atoms with Crippen molar-refractivity contribution >= 4 is 11.9 Å². The maximum absolute atomic E-state index is 11.9. The first-order valence-corrected chi connectivity index (χ1v) is 5.22. The molecule has 0 spiro atoms. The predicted octanol–water partition coefficient (Wildman–Crippen LogP) is 0.951. The maximum atomic E-state index is 11.9. The van der Waals surface area contributed by atoms with E-state index in [4.69, 9.17) is 10.9 Å². The van der Waals surface area contributed by atoms with E-state index in [2.05, 4.69) is 10.5 Å². The number of urea groups is 1. The minimum Gasteiger partial charge on any atom is -0.409 e. The number of hydrogen-bond donors (Lipinski definition) is 3. The summed E-state index contributed by atoms with van der Waals surface area (Å²) in [5.74, 6) is 0.0118. The van der Waals surface area contributed by atoms with E-state index in [1.54, 1.807) is 0 Å². The first-order chi connectivity index (χ1) is 7.17. The smallest absolute Gasteiger partial charge is 0.318 e. The quantitative estimate of drug-likeness (QED) is 0.292. The molecule has 0 aromatic rings. The molecule has 0 saturated carbocycles. The number of nitrogens with zero attached hydrogens (tertiary/aromatic N) is 2. The van der Waals surface area contributed by atoms with Gasteiger partial charge in [-0.2, -0.15) is 0 Å². The fourth-order valence-corrected chi connectivity index (χ4v) is 1.09. The molecule has 6 nitrogen and oxygen atoms in total. The van der Waals surface area contributed by atoms with Gasteiger partial charge in [0.2, 0.25) is 0 Å². The Balaban J connectivity index is 4.61. The molecule has 0 radical (unpaired) electrons. The molecule has 0 fully saturated rings. The van der Waals surface area contributed by atoms with Crippen LogP contribution in [0.15, 0.2) is 5.16 Å². The standard InChI is InChI=1S/C10H22N4O2/c1-7(2)14(6-8(11)13-16)9(15)12-10(3,4)5/h7,16H,6H2,1-5H3,(H2,11,13)(H,12,15). The highest BCUT2D eigenvalue weighted by atomic mass is 16.4. The summed E-state index contributed by atoms with van der Waals surface area (Å²) in [6.07, 6.45) is 0. The molecule has 0 heterocycles. The number of nitrogens with one attached hydrogen (secondary N) is 1. The molecule has 0 saturated heterocycles. The average Bonchev–Trinajstić information content (AvgIpc) is 2.09. The average molecular weight is 230 g/mol. The van der Waals surface area contributed by atoms with Crippen LogP contribution in [-0.2, 0) is 0 Å². The highest BCUT2D eigenvalue weighted by Crippen LogP contribution is 2.04. The Morgan fingerprint density at radius 3 is 2.31 bits per heavy atom. The number of hydrogen-bond acceptors (Lipinski definition) is 3. The van der Waals surface area contributed by atoms with Gasteiger partial charge in [0.15, 0.2) is 5.84 Å². The third-order valence-electron chi connectivity index (χ3n) is 1.83. The van der Waals surface area contributed by atoms with Crippen molar-refractivity contribution < 1.29 is 10.0 Å². The summed E-state index contributed by atoms with van der Waals surface area (Å²) < 4.78 is 0. The van der Waals surface area contributed by atoms with Crippen molar-refractivity contribution in [2.24, 2.45) is 10.9 Å². The summed E-state index contributed by atoms with van der Waals surface area (Å²) in [7, 11) is 0. The van der Waals surface area contributed by atoms with Crippen molar-refractivity contribution in [1.82, 2.24) is 10.2 Å². The van der Waals surface area contributed by atoms with E-state index in [0.717, 1.165) is 0 Å². The molecule has 0 aliphatic rings. The number of nitrogens with two attached hydrogens (primary N) is 1. The minimum absolute atomic E-state index is 0.0118. The lowest BCUT2D eigenvalue weighted by atomic mass is 10.1. The number of carbonyl (C=O) groups excluding carboxylic acids is 1. The Kier molecular flexibility index (Phi) is 5.07. The second-order valence-electron chi connectivity index (χ2n) is 4.99. The monoisotopic (exact) mass is 230 g/mol.